The SMILES string of the molecule is CCNc1nc(OCCCc2ccccc2)nc2c1ncn2-c1ccc(OC)cc1. The van der Waals surface area contributed by atoms with E-state index in [1.165, 1.54) is 5.56 Å². The zero-order valence-corrected chi connectivity index (χ0v) is 17.2. The summed E-state index contributed by atoms with van der Waals surface area (Å²) >= 11 is 0. The molecule has 30 heavy (non-hydrogen) atoms. The van der Waals surface area contributed by atoms with Crippen molar-refractivity contribution in [1.29, 1.82) is 0 Å². The third kappa shape index (κ3) is 4.35. The normalized spacial score (nSPS) is 10.9. The van der Waals surface area contributed by atoms with E-state index in [4.69, 9.17) is 9.47 Å². The van der Waals surface area contributed by atoms with Gasteiger partial charge in [0.1, 0.15) is 12.1 Å². The lowest BCUT2D eigenvalue weighted by molar-refractivity contribution is 0.288. The van der Waals surface area contributed by atoms with Gasteiger partial charge in [0.25, 0.3) is 0 Å². The van der Waals surface area contributed by atoms with Crippen LogP contribution in [-0.2, 0) is 6.42 Å². The second-order valence-electron chi connectivity index (χ2n) is 6.81. The van der Waals surface area contributed by atoms with E-state index in [2.05, 4.69) is 44.5 Å². The van der Waals surface area contributed by atoms with Crippen molar-refractivity contribution in [2.75, 3.05) is 25.6 Å². The second kappa shape index (κ2) is 9.26. The molecule has 1 N–H and O–H groups in total. The van der Waals surface area contributed by atoms with E-state index < -0.39 is 0 Å². The van der Waals surface area contributed by atoms with Crippen LogP contribution in [0.25, 0.3) is 16.9 Å². The van der Waals surface area contributed by atoms with Gasteiger partial charge in [-0.3, -0.25) is 4.57 Å². The highest BCUT2D eigenvalue weighted by molar-refractivity contribution is 5.84. The molecule has 0 amide bonds. The Labute approximate surface area is 175 Å². The standard InChI is InChI=1S/C23H25N5O2/c1-3-24-21-20-22(28(16-25-20)18-11-13-19(29-2)14-12-18)27-23(26-21)30-15-7-10-17-8-5-4-6-9-17/h4-6,8-9,11-14,16H,3,7,10,15H2,1-2H3,(H,24,26,27). The van der Waals surface area contributed by atoms with E-state index in [-0.39, 0.29) is 0 Å². The lowest BCUT2D eigenvalue weighted by Gasteiger charge is -2.10. The molecule has 7 nitrogen and oxygen atoms in total. The molecular weight excluding hydrogens is 378 g/mol. The van der Waals surface area contributed by atoms with Crippen LogP contribution in [0.3, 0.4) is 0 Å². The van der Waals surface area contributed by atoms with Gasteiger partial charge in [0, 0.05) is 12.2 Å². The first-order chi connectivity index (χ1) is 14.8. The molecule has 0 fully saturated rings. The number of nitrogens with zero attached hydrogens (tertiary/aromatic N) is 4. The van der Waals surface area contributed by atoms with E-state index in [9.17, 15) is 0 Å². The van der Waals surface area contributed by atoms with Crippen molar-refractivity contribution in [1.82, 2.24) is 19.5 Å². The highest BCUT2D eigenvalue weighted by atomic mass is 16.5. The monoisotopic (exact) mass is 403 g/mol. The van der Waals surface area contributed by atoms with Crippen molar-refractivity contribution in [3.05, 3.63) is 66.5 Å². The summed E-state index contributed by atoms with van der Waals surface area (Å²) < 4.78 is 13.1. The summed E-state index contributed by atoms with van der Waals surface area (Å²) in [5.41, 5.74) is 3.64. The number of nitrogens with one attached hydrogen (secondary N) is 1. The Bertz CT molecular complexity index is 1090. The summed E-state index contributed by atoms with van der Waals surface area (Å²) in [7, 11) is 1.65. The van der Waals surface area contributed by atoms with Crippen molar-refractivity contribution >= 4 is 17.0 Å². The summed E-state index contributed by atoms with van der Waals surface area (Å²) in [5.74, 6) is 1.47. The molecule has 2 aromatic heterocycles. The Hall–Kier alpha value is -3.61. The van der Waals surface area contributed by atoms with Gasteiger partial charge >= 0.3 is 6.01 Å². The van der Waals surface area contributed by atoms with Gasteiger partial charge in [-0.25, -0.2) is 4.98 Å². The van der Waals surface area contributed by atoms with Gasteiger partial charge < -0.3 is 14.8 Å². The molecule has 0 aliphatic rings. The summed E-state index contributed by atoms with van der Waals surface area (Å²) in [5, 5.41) is 3.26. The third-order valence-electron chi connectivity index (χ3n) is 4.75. The van der Waals surface area contributed by atoms with Gasteiger partial charge in [-0.05, 0) is 49.6 Å². The molecule has 4 rings (SSSR count). The predicted molar refractivity (Wildman–Crippen MR) is 118 cm³/mol. The minimum Gasteiger partial charge on any atom is -0.497 e. The molecule has 0 aliphatic heterocycles. The van der Waals surface area contributed by atoms with E-state index in [1.807, 2.05) is 41.8 Å². The van der Waals surface area contributed by atoms with Crippen LogP contribution in [-0.4, -0.2) is 39.8 Å². The second-order valence-corrected chi connectivity index (χ2v) is 6.81. The van der Waals surface area contributed by atoms with Crippen LogP contribution in [0.1, 0.15) is 18.9 Å². The molecule has 0 aliphatic carbocycles. The minimum atomic E-state index is 0.349. The first kappa shape index (κ1) is 19.7. The number of hydrogen-bond acceptors (Lipinski definition) is 6. The maximum absolute atomic E-state index is 5.90. The lowest BCUT2D eigenvalue weighted by Crippen LogP contribution is -2.07. The fourth-order valence-electron chi connectivity index (χ4n) is 3.25. The third-order valence-corrected chi connectivity index (χ3v) is 4.75. The van der Waals surface area contributed by atoms with E-state index in [0.717, 1.165) is 30.8 Å². The molecule has 2 aromatic carbocycles. The molecule has 0 radical (unpaired) electrons. The number of rotatable bonds is 9. The van der Waals surface area contributed by atoms with Crippen LogP contribution in [0, 0.1) is 0 Å². The van der Waals surface area contributed by atoms with E-state index in [0.29, 0.717) is 29.6 Å². The average Bonchev–Trinajstić information content (AvgIpc) is 3.22. The van der Waals surface area contributed by atoms with Crippen LogP contribution in [0.4, 0.5) is 5.82 Å². The molecule has 154 valence electrons. The molecule has 0 saturated heterocycles. The maximum atomic E-state index is 5.90. The summed E-state index contributed by atoms with van der Waals surface area (Å²) in [6, 6.07) is 18.5. The Morgan fingerprint density at radius 1 is 1.00 bits per heavy atom. The summed E-state index contributed by atoms with van der Waals surface area (Å²) in [6.07, 6.45) is 3.59. The fourth-order valence-corrected chi connectivity index (χ4v) is 3.25. The van der Waals surface area contributed by atoms with Crippen LogP contribution in [0.15, 0.2) is 60.9 Å². The summed E-state index contributed by atoms with van der Waals surface area (Å²) in [4.78, 5) is 13.7. The molecule has 0 unspecified atom stereocenters. The number of anilines is 1. The predicted octanol–water partition coefficient (Wildman–Crippen LogP) is 4.27. The van der Waals surface area contributed by atoms with Crippen molar-refractivity contribution in [3.63, 3.8) is 0 Å². The smallest absolute Gasteiger partial charge is 0.320 e. The number of aryl methyl sites for hydroxylation is 1. The summed E-state index contributed by atoms with van der Waals surface area (Å²) in [6.45, 7) is 3.30. The molecule has 7 heteroatoms. The van der Waals surface area contributed by atoms with E-state index >= 15 is 0 Å². The Morgan fingerprint density at radius 3 is 2.53 bits per heavy atom. The zero-order valence-electron chi connectivity index (χ0n) is 17.2. The zero-order chi connectivity index (χ0) is 20.8. The molecule has 0 atom stereocenters. The fraction of sp³-hybridized carbons (Fsp3) is 0.261. The van der Waals surface area contributed by atoms with Gasteiger partial charge in [-0.2, -0.15) is 9.97 Å². The Kier molecular flexibility index (Phi) is 6.08. The van der Waals surface area contributed by atoms with Crippen LogP contribution in [0.5, 0.6) is 11.8 Å². The van der Waals surface area contributed by atoms with Gasteiger partial charge in [0.05, 0.1) is 13.7 Å². The largest absolute Gasteiger partial charge is 0.497 e. The number of fused-ring (bicyclic) bond motifs is 1. The number of aromatic nitrogens is 4. The van der Waals surface area contributed by atoms with Gasteiger partial charge in [0.15, 0.2) is 17.0 Å². The Morgan fingerprint density at radius 2 is 1.80 bits per heavy atom. The Balaban J connectivity index is 1.56. The van der Waals surface area contributed by atoms with Gasteiger partial charge in [0.2, 0.25) is 0 Å². The van der Waals surface area contributed by atoms with Crippen LogP contribution < -0.4 is 14.8 Å². The van der Waals surface area contributed by atoms with Crippen LogP contribution in [0.2, 0.25) is 0 Å². The lowest BCUT2D eigenvalue weighted by atomic mass is 10.1. The van der Waals surface area contributed by atoms with Crippen molar-refractivity contribution in [2.24, 2.45) is 0 Å². The highest BCUT2D eigenvalue weighted by Gasteiger charge is 2.15. The number of hydrogen-bond donors (Lipinski definition) is 1. The first-order valence-corrected chi connectivity index (χ1v) is 10.1. The topological polar surface area (TPSA) is 74.1 Å². The quantitative estimate of drug-likeness (QED) is 0.421. The van der Waals surface area contributed by atoms with Crippen molar-refractivity contribution in [2.45, 2.75) is 19.8 Å². The molecule has 0 bridgehead atoms. The molecular formula is C23H25N5O2. The number of imidazole rings is 1. The van der Waals surface area contributed by atoms with Gasteiger partial charge in [-0.15, -0.1) is 0 Å². The molecule has 4 aromatic rings. The number of benzene rings is 2. The van der Waals surface area contributed by atoms with Crippen molar-refractivity contribution < 1.29 is 9.47 Å². The van der Waals surface area contributed by atoms with Crippen LogP contribution >= 0.6 is 0 Å². The van der Waals surface area contributed by atoms with Crippen molar-refractivity contribution in [3.8, 4) is 17.4 Å². The average molecular weight is 403 g/mol. The molecule has 2 heterocycles. The van der Waals surface area contributed by atoms with E-state index in [1.54, 1.807) is 13.4 Å². The molecule has 0 spiro atoms. The first-order valence-electron chi connectivity index (χ1n) is 10.1. The van der Waals surface area contributed by atoms with Gasteiger partial charge in [-0.1, -0.05) is 30.3 Å². The maximum Gasteiger partial charge on any atom is 0.320 e. The highest BCUT2D eigenvalue weighted by Crippen LogP contribution is 2.25. The molecule has 0 saturated carbocycles. The number of methoxy groups -OCH3 is 1. The minimum absolute atomic E-state index is 0.349. The number of ether oxygens (including phenoxy) is 2.